The highest BCUT2D eigenvalue weighted by molar-refractivity contribution is 5.80. The molecule has 2 heterocycles. The highest BCUT2D eigenvalue weighted by Gasteiger charge is 2.10. The molecule has 0 aliphatic rings. The minimum atomic E-state index is 0.533. The number of aliphatic imine (C=N–C) groups is 1. The fraction of sp³-hybridized carbons (Fsp3) is 0.238. The molecule has 0 aliphatic carbocycles. The molecule has 2 N–H and O–H groups in total. The highest BCUT2D eigenvalue weighted by Crippen LogP contribution is 2.22. The molecule has 3 aromatic rings. The third kappa shape index (κ3) is 5.34. The van der Waals surface area contributed by atoms with E-state index in [4.69, 9.17) is 9.41 Å². The van der Waals surface area contributed by atoms with Crippen LogP contribution in [0.5, 0.6) is 0 Å². The van der Waals surface area contributed by atoms with Gasteiger partial charge in [-0.25, -0.2) is 4.99 Å². The van der Waals surface area contributed by atoms with E-state index in [9.17, 15) is 0 Å². The van der Waals surface area contributed by atoms with Gasteiger partial charge in [0.15, 0.2) is 5.96 Å². The summed E-state index contributed by atoms with van der Waals surface area (Å²) in [6.07, 6.45) is 6.31. The molecule has 0 saturated heterocycles. The summed E-state index contributed by atoms with van der Waals surface area (Å²) in [6.45, 7) is 5.66. The quantitative estimate of drug-likeness (QED) is 0.367. The van der Waals surface area contributed by atoms with Crippen LogP contribution < -0.4 is 10.6 Å². The molecule has 0 saturated carbocycles. The van der Waals surface area contributed by atoms with Crippen LogP contribution in [-0.4, -0.2) is 28.8 Å². The summed E-state index contributed by atoms with van der Waals surface area (Å²) in [5, 5.41) is 11.2. The molecular formula is C21H25N5O. The van der Waals surface area contributed by atoms with Crippen molar-refractivity contribution in [3.8, 4) is 11.3 Å². The van der Waals surface area contributed by atoms with Gasteiger partial charge in [-0.1, -0.05) is 36.4 Å². The first-order chi connectivity index (χ1) is 13.3. The Kier molecular flexibility index (Phi) is 6.46. The molecule has 1 aromatic carbocycles. The minimum absolute atomic E-state index is 0.533. The van der Waals surface area contributed by atoms with Crippen molar-refractivity contribution in [2.45, 2.75) is 13.0 Å². The molecule has 0 radical (unpaired) electrons. The molecular weight excluding hydrogens is 338 g/mol. The number of aryl methyl sites for hydroxylation is 1. The monoisotopic (exact) mass is 363 g/mol. The fourth-order valence-electron chi connectivity index (χ4n) is 2.76. The largest absolute Gasteiger partial charge is 0.469 e. The van der Waals surface area contributed by atoms with Crippen molar-refractivity contribution in [1.29, 1.82) is 0 Å². The van der Waals surface area contributed by atoms with Gasteiger partial charge in [0.05, 0.1) is 18.5 Å². The zero-order chi connectivity index (χ0) is 18.9. The number of benzene rings is 1. The van der Waals surface area contributed by atoms with Gasteiger partial charge in [-0.2, -0.15) is 5.10 Å². The number of furan rings is 1. The van der Waals surface area contributed by atoms with Crippen molar-refractivity contribution in [3.05, 3.63) is 78.9 Å². The minimum Gasteiger partial charge on any atom is -0.469 e. The van der Waals surface area contributed by atoms with Crippen LogP contribution >= 0.6 is 0 Å². The molecule has 0 atom stereocenters. The summed E-state index contributed by atoms with van der Waals surface area (Å²) >= 11 is 0. The van der Waals surface area contributed by atoms with E-state index >= 15 is 0 Å². The molecule has 0 amide bonds. The summed E-state index contributed by atoms with van der Waals surface area (Å²) in [7, 11) is 1.93. The second-order valence-electron chi connectivity index (χ2n) is 6.13. The van der Waals surface area contributed by atoms with E-state index in [2.05, 4.69) is 34.4 Å². The summed E-state index contributed by atoms with van der Waals surface area (Å²) < 4.78 is 7.19. The van der Waals surface area contributed by atoms with Gasteiger partial charge in [-0.3, -0.25) is 4.68 Å². The van der Waals surface area contributed by atoms with Crippen molar-refractivity contribution >= 4 is 5.96 Å². The number of hydrogen-bond donors (Lipinski definition) is 2. The predicted octanol–water partition coefficient (Wildman–Crippen LogP) is 3.14. The van der Waals surface area contributed by atoms with Crippen LogP contribution in [0.25, 0.3) is 11.3 Å². The molecule has 0 fully saturated rings. The normalized spacial score (nSPS) is 11.4. The fourth-order valence-corrected chi connectivity index (χ4v) is 2.76. The smallest absolute Gasteiger partial charge is 0.191 e. The van der Waals surface area contributed by atoms with Crippen LogP contribution in [0.2, 0.25) is 0 Å². The molecule has 0 spiro atoms. The first-order valence-electron chi connectivity index (χ1n) is 8.99. The van der Waals surface area contributed by atoms with Gasteiger partial charge < -0.3 is 15.1 Å². The topological polar surface area (TPSA) is 67.4 Å². The Morgan fingerprint density at radius 1 is 1.22 bits per heavy atom. The van der Waals surface area contributed by atoms with E-state index in [1.54, 1.807) is 6.26 Å². The SMILES string of the molecule is C=CCNC(=NCc1cn(C)nc1-c1ccccc1)NCCc1ccco1. The van der Waals surface area contributed by atoms with E-state index in [0.29, 0.717) is 13.1 Å². The molecule has 0 aliphatic heterocycles. The van der Waals surface area contributed by atoms with Crippen molar-refractivity contribution < 1.29 is 4.42 Å². The van der Waals surface area contributed by atoms with Crippen molar-refractivity contribution in [3.63, 3.8) is 0 Å². The van der Waals surface area contributed by atoms with E-state index < -0.39 is 0 Å². The number of hydrogen-bond acceptors (Lipinski definition) is 3. The van der Waals surface area contributed by atoms with Gasteiger partial charge >= 0.3 is 0 Å². The average Bonchev–Trinajstić information content (AvgIpc) is 3.33. The maximum atomic E-state index is 5.37. The Bertz CT molecular complexity index is 865. The molecule has 27 heavy (non-hydrogen) atoms. The lowest BCUT2D eigenvalue weighted by Gasteiger charge is -2.11. The van der Waals surface area contributed by atoms with Crippen molar-refractivity contribution in [2.75, 3.05) is 13.1 Å². The first kappa shape index (κ1) is 18.5. The molecule has 6 nitrogen and oxygen atoms in total. The zero-order valence-electron chi connectivity index (χ0n) is 15.6. The lowest BCUT2D eigenvalue weighted by atomic mass is 10.1. The van der Waals surface area contributed by atoms with Crippen molar-refractivity contribution in [1.82, 2.24) is 20.4 Å². The van der Waals surface area contributed by atoms with Crippen LogP contribution in [0.3, 0.4) is 0 Å². The Hall–Kier alpha value is -3.28. The predicted molar refractivity (Wildman–Crippen MR) is 108 cm³/mol. The summed E-state index contributed by atoms with van der Waals surface area (Å²) in [4.78, 5) is 4.71. The van der Waals surface area contributed by atoms with Crippen LogP contribution in [0, 0.1) is 0 Å². The van der Waals surface area contributed by atoms with Crippen molar-refractivity contribution in [2.24, 2.45) is 12.0 Å². The molecule has 3 rings (SSSR count). The van der Waals surface area contributed by atoms with Gasteiger partial charge in [0.25, 0.3) is 0 Å². The number of nitrogens with zero attached hydrogens (tertiary/aromatic N) is 3. The van der Waals surface area contributed by atoms with Crippen LogP contribution in [0.1, 0.15) is 11.3 Å². The Morgan fingerprint density at radius 3 is 2.81 bits per heavy atom. The molecule has 140 valence electrons. The van der Waals surface area contributed by atoms with Gasteiger partial charge in [-0.15, -0.1) is 6.58 Å². The third-order valence-electron chi connectivity index (χ3n) is 4.02. The standard InChI is InChI=1S/C21H25N5O/c1-3-12-22-21(23-13-11-19-10-7-14-27-19)24-15-18-16-26(2)25-20(18)17-8-5-4-6-9-17/h3-10,14,16H,1,11-13,15H2,2H3,(H2,22,23,24). The molecule has 0 unspecified atom stereocenters. The number of guanidine groups is 1. The van der Waals surface area contributed by atoms with Crippen LogP contribution in [-0.2, 0) is 20.0 Å². The second-order valence-corrected chi connectivity index (χ2v) is 6.13. The Balaban J connectivity index is 1.69. The van der Waals surface area contributed by atoms with E-state index in [0.717, 1.165) is 41.5 Å². The Morgan fingerprint density at radius 2 is 2.07 bits per heavy atom. The van der Waals surface area contributed by atoms with E-state index in [1.165, 1.54) is 0 Å². The zero-order valence-corrected chi connectivity index (χ0v) is 15.6. The third-order valence-corrected chi connectivity index (χ3v) is 4.02. The van der Waals surface area contributed by atoms with Crippen LogP contribution in [0.4, 0.5) is 0 Å². The number of aromatic nitrogens is 2. The molecule has 6 heteroatoms. The van der Waals surface area contributed by atoms with Gasteiger partial charge in [-0.05, 0) is 12.1 Å². The van der Waals surface area contributed by atoms with E-state index in [-0.39, 0.29) is 0 Å². The summed E-state index contributed by atoms with van der Waals surface area (Å²) in [6, 6.07) is 14.0. The lowest BCUT2D eigenvalue weighted by molar-refractivity contribution is 0.507. The second kappa shape index (κ2) is 9.43. The summed E-state index contributed by atoms with van der Waals surface area (Å²) in [5.74, 6) is 1.69. The number of nitrogens with one attached hydrogen (secondary N) is 2. The molecule has 0 bridgehead atoms. The average molecular weight is 363 g/mol. The van der Waals surface area contributed by atoms with Crippen LogP contribution in [0.15, 0.2) is 77.0 Å². The van der Waals surface area contributed by atoms with Gasteiger partial charge in [0.1, 0.15) is 5.76 Å². The number of rotatable bonds is 8. The Labute approximate surface area is 159 Å². The van der Waals surface area contributed by atoms with Gasteiger partial charge in [0.2, 0.25) is 0 Å². The maximum absolute atomic E-state index is 5.37. The van der Waals surface area contributed by atoms with Gasteiger partial charge in [0, 0.05) is 43.9 Å². The first-order valence-corrected chi connectivity index (χ1v) is 8.99. The summed E-state index contributed by atoms with van der Waals surface area (Å²) in [5.41, 5.74) is 3.13. The lowest BCUT2D eigenvalue weighted by Crippen LogP contribution is -2.38. The highest BCUT2D eigenvalue weighted by atomic mass is 16.3. The molecule has 2 aromatic heterocycles. The van der Waals surface area contributed by atoms with E-state index in [1.807, 2.05) is 54.3 Å². The maximum Gasteiger partial charge on any atom is 0.191 e.